The molecule has 0 spiro atoms. The molecule has 0 aromatic heterocycles. The Hall–Kier alpha value is -0.660. The summed E-state index contributed by atoms with van der Waals surface area (Å²) in [4.78, 5) is 13.0. The smallest absolute Gasteiger partial charge is 0.235 e. The first kappa shape index (κ1) is 14.3. The number of nitrogens with one attached hydrogen (secondary N) is 1. The Balaban J connectivity index is 0.000000265. The van der Waals surface area contributed by atoms with Gasteiger partial charge in [-0.1, -0.05) is 13.3 Å². The SMILES string of the molecule is CC(C)(C)N=C=O.CCC1CCCCN1. The van der Waals surface area contributed by atoms with Crippen LogP contribution < -0.4 is 5.32 Å². The highest BCUT2D eigenvalue weighted by atomic mass is 16.1. The van der Waals surface area contributed by atoms with E-state index in [1.807, 2.05) is 20.8 Å². The molecule has 0 amide bonds. The molecule has 3 heteroatoms. The third-order valence-electron chi connectivity index (χ3n) is 2.29. The topological polar surface area (TPSA) is 41.5 Å². The summed E-state index contributed by atoms with van der Waals surface area (Å²) in [5.74, 6) is 0. The fraction of sp³-hybridized carbons (Fsp3) is 0.917. The van der Waals surface area contributed by atoms with Gasteiger partial charge in [0.1, 0.15) is 0 Å². The highest BCUT2D eigenvalue weighted by Gasteiger charge is 2.08. The Morgan fingerprint density at radius 1 is 1.40 bits per heavy atom. The number of isocyanates is 1. The molecule has 1 N–H and O–H groups in total. The van der Waals surface area contributed by atoms with E-state index in [1.165, 1.54) is 38.3 Å². The first-order valence-corrected chi connectivity index (χ1v) is 5.82. The van der Waals surface area contributed by atoms with Crippen LogP contribution >= 0.6 is 0 Å². The molecule has 1 aliphatic heterocycles. The second kappa shape index (κ2) is 7.61. The Bertz CT molecular complexity index is 196. The fourth-order valence-electron chi connectivity index (χ4n) is 1.41. The van der Waals surface area contributed by atoms with Crippen molar-refractivity contribution in [1.82, 2.24) is 5.32 Å². The van der Waals surface area contributed by atoms with Crippen LogP contribution in [0.3, 0.4) is 0 Å². The summed E-state index contributed by atoms with van der Waals surface area (Å²) in [7, 11) is 0. The summed E-state index contributed by atoms with van der Waals surface area (Å²) in [5.41, 5.74) is -0.248. The standard InChI is InChI=1S/C7H15N.C5H9NO/c1-2-7-5-3-4-6-8-7;1-5(2,3)6-4-7/h7-8H,2-6H2,1H3;1-3H3. The third-order valence-corrected chi connectivity index (χ3v) is 2.29. The lowest BCUT2D eigenvalue weighted by Crippen LogP contribution is -2.32. The lowest BCUT2D eigenvalue weighted by atomic mass is 10.0. The van der Waals surface area contributed by atoms with Crippen molar-refractivity contribution in [3.05, 3.63) is 0 Å². The Morgan fingerprint density at radius 2 is 2.07 bits per heavy atom. The number of hydrogen-bond donors (Lipinski definition) is 1. The summed E-state index contributed by atoms with van der Waals surface area (Å²) in [6.45, 7) is 9.04. The highest BCUT2D eigenvalue weighted by molar-refractivity contribution is 5.34. The van der Waals surface area contributed by atoms with Crippen LogP contribution in [0, 0.1) is 0 Å². The minimum absolute atomic E-state index is 0.248. The summed E-state index contributed by atoms with van der Waals surface area (Å²) in [6.07, 6.45) is 7.01. The zero-order valence-electron chi connectivity index (χ0n) is 10.5. The molecule has 1 fully saturated rings. The van der Waals surface area contributed by atoms with Crippen molar-refractivity contribution in [3.63, 3.8) is 0 Å². The molecule has 1 saturated heterocycles. The Kier molecular flexibility index (Phi) is 7.27. The van der Waals surface area contributed by atoms with E-state index >= 15 is 0 Å². The van der Waals surface area contributed by atoms with Crippen LogP contribution in [0.4, 0.5) is 0 Å². The molecule has 0 aromatic rings. The Morgan fingerprint density at radius 3 is 2.27 bits per heavy atom. The normalized spacial score (nSPS) is 20.9. The molecule has 1 heterocycles. The van der Waals surface area contributed by atoms with Gasteiger partial charge in [-0.3, -0.25) is 0 Å². The average molecular weight is 212 g/mol. The van der Waals surface area contributed by atoms with Crippen molar-refractivity contribution in [2.75, 3.05) is 6.54 Å². The maximum Gasteiger partial charge on any atom is 0.235 e. The zero-order valence-corrected chi connectivity index (χ0v) is 10.5. The zero-order chi connectivity index (χ0) is 11.7. The second-order valence-corrected chi connectivity index (χ2v) is 4.93. The number of rotatable bonds is 1. The first-order chi connectivity index (χ1) is 6.99. The Labute approximate surface area is 93.4 Å². The molecule has 0 radical (unpaired) electrons. The fourth-order valence-corrected chi connectivity index (χ4v) is 1.41. The molecule has 0 bridgehead atoms. The van der Waals surface area contributed by atoms with E-state index in [-0.39, 0.29) is 5.54 Å². The maximum atomic E-state index is 9.53. The van der Waals surface area contributed by atoms with E-state index in [9.17, 15) is 4.79 Å². The van der Waals surface area contributed by atoms with Gasteiger partial charge in [-0.05, 0) is 46.6 Å². The van der Waals surface area contributed by atoms with Crippen molar-refractivity contribution in [2.45, 2.75) is 65.0 Å². The lowest BCUT2D eigenvalue weighted by Gasteiger charge is -2.21. The van der Waals surface area contributed by atoms with Gasteiger partial charge in [0, 0.05) is 6.04 Å². The quantitative estimate of drug-likeness (QED) is 0.536. The van der Waals surface area contributed by atoms with Crippen LogP contribution in [0.15, 0.2) is 4.99 Å². The lowest BCUT2D eigenvalue weighted by molar-refractivity contribution is 0.393. The number of carbonyl (C=O) groups excluding carboxylic acids is 1. The van der Waals surface area contributed by atoms with Crippen LogP contribution in [0.5, 0.6) is 0 Å². The summed E-state index contributed by atoms with van der Waals surface area (Å²) >= 11 is 0. The molecule has 0 aliphatic carbocycles. The summed E-state index contributed by atoms with van der Waals surface area (Å²) in [5, 5.41) is 3.47. The predicted octanol–water partition coefficient (Wildman–Crippen LogP) is 2.66. The van der Waals surface area contributed by atoms with Crippen molar-refractivity contribution >= 4 is 6.08 Å². The van der Waals surface area contributed by atoms with E-state index in [2.05, 4.69) is 17.2 Å². The summed E-state index contributed by atoms with van der Waals surface area (Å²) in [6, 6.07) is 0.837. The molecular formula is C12H24N2O. The number of nitrogens with zero attached hydrogens (tertiary/aromatic N) is 1. The average Bonchev–Trinajstić information content (AvgIpc) is 2.18. The first-order valence-electron chi connectivity index (χ1n) is 5.82. The van der Waals surface area contributed by atoms with Crippen molar-refractivity contribution < 1.29 is 4.79 Å². The van der Waals surface area contributed by atoms with Gasteiger partial charge in [-0.15, -0.1) is 0 Å². The van der Waals surface area contributed by atoms with Gasteiger partial charge in [-0.2, -0.15) is 0 Å². The van der Waals surface area contributed by atoms with Crippen molar-refractivity contribution in [2.24, 2.45) is 4.99 Å². The monoisotopic (exact) mass is 212 g/mol. The number of piperidine rings is 1. The molecule has 1 atom stereocenters. The van der Waals surface area contributed by atoms with E-state index in [0.29, 0.717) is 0 Å². The van der Waals surface area contributed by atoms with Crippen LogP contribution in [0.1, 0.15) is 53.4 Å². The van der Waals surface area contributed by atoms with Crippen LogP contribution in [-0.2, 0) is 4.79 Å². The van der Waals surface area contributed by atoms with Crippen molar-refractivity contribution in [1.29, 1.82) is 0 Å². The van der Waals surface area contributed by atoms with Gasteiger partial charge in [0.2, 0.25) is 6.08 Å². The molecular weight excluding hydrogens is 188 g/mol. The van der Waals surface area contributed by atoms with Gasteiger partial charge in [-0.25, -0.2) is 9.79 Å². The molecule has 0 saturated carbocycles. The molecule has 1 rings (SSSR count). The molecule has 1 aliphatic rings. The van der Waals surface area contributed by atoms with Crippen molar-refractivity contribution in [3.8, 4) is 0 Å². The number of aliphatic imine (C=N–C) groups is 1. The minimum Gasteiger partial charge on any atom is -0.314 e. The molecule has 3 nitrogen and oxygen atoms in total. The predicted molar refractivity (Wildman–Crippen MR) is 63.8 cm³/mol. The molecule has 0 aromatic carbocycles. The molecule has 15 heavy (non-hydrogen) atoms. The largest absolute Gasteiger partial charge is 0.314 e. The minimum atomic E-state index is -0.248. The maximum absolute atomic E-state index is 9.53. The van der Waals surface area contributed by atoms with Crippen LogP contribution in [0.2, 0.25) is 0 Å². The number of hydrogen-bond acceptors (Lipinski definition) is 3. The van der Waals surface area contributed by atoms with Gasteiger partial charge in [0.25, 0.3) is 0 Å². The van der Waals surface area contributed by atoms with Gasteiger partial charge >= 0.3 is 0 Å². The summed E-state index contributed by atoms with van der Waals surface area (Å²) < 4.78 is 0. The van der Waals surface area contributed by atoms with E-state index in [0.717, 1.165) is 6.04 Å². The molecule has 1 unspecified atom stereocenters. The van der Waals surface area contributed by atoms with Gasteiger partial charge < -0.3 is 5.32 Å². The van der Waals surface area contributed by atoms with Gasteiger partial charge in [0.05, 0.1) is 5.54 Å². The highest BCUT2D eigenvalue weighted by Crippen LogP contribution is 2.08. The third kappa shape index (κ3) is 9.64. The second-order valence-electron chi connectivity index (χ2n) is 4.93. The van der Waals surface area contributed by atoms with Gasteiger partial charge in [0.15, 0.2) is 0 Å². The van der Waals surface area contributed by atoms with Crippen LogP contribution in [0.25, 0.3) is 0 Å². The van der Waals surface area contributed by atoms with E-state index in [1.54, 1.807) is 0 Å². The van der Waals surface area contributed by atoms with E-state index in [4.69, 9.17) is 0 Å². The molecule has 88 valence electrons. The van der Waals surface area contributed by atoms with E-state index < -0.39 is 0 Å². The van der Waals surface area contributed by atoms with Crippen LogP contribution in [-0.4, -0.2) is 24.2 Å².